The van der Waals surface area contributed by atoms with Gasteiger partial charge in [-0.25, -0.2) is 8.78 Å². The van der Waals surface area contributed by atoms with Crippen LogP contribution in [0.3, 0.4) is 0 Å². The van der Waals surface area contributed by atoms with Gasteiger partial charge in [0.05, 0.1) is 6.42 Å². The normalized spacial score (nSPS) is 11.6. The van der Waals surface area contributed by atoms with Gasteiger partial charge in [0.15, 0.2) is 6.10 Å². The van der Waals surface area contributed by atoms with Crippen molar-refractivity contribution in [1.29, 1.82) is 0 Å². The van der Waals surface area contributed by atoms with Gasteiger partial charge in [-0.05, 0) is 55.5 Å². The van der Waals surface area contributed by atoms with E-state index in [9.17, 15) is 18.4 Å². The molecule has 132 valence electrons. The predicted molar refractivity (Wildman–Crippen MR) is 92.3 cm³/mol. The van der Waals surface area contributed by atoms with Gasteiger partial charge in [0.1, 0.15) is 11.6 Å². The highest BCUT2D eigenvalue weighted by atomic mass is 32.2. The van der Waals surface area contributed by atoms with E-state index in [1.165, 1.54) is 55.1 Å². The number of carbonyl (C=O) groups is 2. The lowest BCUT2D eigenvalue weighted by atomic mass is 10.3. The molecule has 0 aliphatic heterocycles. The lowest BCUT2D eigenvalue weighted by Crippen LogP contribution is -2.30. The van der Waals surface area contributed by atoms with Crippen LogP contribution in [0.1, 0.15) is 13.3 Å². The summed E-state index contributed by atoms with van der Waals surface area (Å²) in [5.74, 6) is -1.26. The predicted octanol–water partition coefficient (Wildman–Crippen LogP) is 4.02. The molecule has 4 nitrogen and oxygen atoms in total. The van der Waals surface area contributed by atoms with E-state index < -0.39 is 23.8 Å². The summed E-state index contributed by atoms with van der Waals surface area (Å²) in [5, 5.41) is 2.54. The molecular weight excluding hydrogens is 348 g/mol. The van der Waals surface area contributed by atoms with Gasteiger partial charge in [0, 0.05) is 16.3 Å². The largest absolute Gasteiger partial charge is 0.453 e. The molecule has 2 aromatic rings. The van der Waals surface area contributed by atoms with Crippen LogP contribution in [0.25, 0.3) is 0 Å². The fourth-order valence-corrected chi connectivity index (χ4v) is 2.70. The summed E-state index contributed by atoms with van der Waals surface area (Å²) in [6, 6.07) is 11.2. The molecule has 0 unspecified atom stereocenters. The van der Waals surface area contributed by atoms with Crippen LogP contribution in [0.4, 0.5) is 14.5 Å². The molecule has 25 heavy (non-hydrogen) atoms. The van der Waals surface area contributed by atoms with Crippen LogP contribution in [0.2, 0.25) is 0 Å². The van der Waals surface area contributed by atoms with E-state index >= 15 is 0 Å². The second-order valence-electron chi connectivity index (χ2n) is 5.18. The average molecular weight is 365 g/mol. The van der Waals surface area contributed by atoms with Crippen molar-refractivity contribution in [3.63, 3.8) is 0 Å². The van der Waals surface area contributed by atoms with Crippen LogP contribution in [0, 0.1) is 11.6 Å². The van der Waals surface area contributed by atoms with E-state index in [0.29, 0.717) is 11.4 Å². The lowest BCUT2D eigenvalue weighted by Gasteiger charge is -2.13. The van der Waals surface area contributed by atoms with Gasteiger partial charge in [-0.1, -0.05) is 0 Å². The molecule has 0 aliphatic carbocycles. The Balaban J connectivity index is 1.72. The maximum absolute atomic E-state index is 12.8. The molecule has 0 fully saturated rings. The fourth-order valence-electron chi connectivity index (χ4n) is 1.87. The molecule has 0 spiro atoms. The topological polar surface area (TPSA) is 55.4 Å². The highest BCUT2D eigenvalue weighted by Crippen LogP contribution is 2.19. The van der Waals surface area contributed by atoms with E-state index in [-0.39, 0.29) is 12.2 Å². The number of amides is 1. The third kappa shape index (κ3) is 6.54. The van der Waals surface area contributed by atoms with Crippen LogP contribution in [0.15, 0.2) is 53.4 Å². The lowest BCUT2D eigenvalue weighted by molar-refractivity contribution is -0.152. The van der Waals surface area contributed by atoms with Crippen molar-refractivity contribution in [3.05, 3.63) is 60.2 Å². The van der Waals surface area contributed by atoms with Crippen LogP contribution >= 0.6 is 11.8 Å². The SMILES string of the molecule is C[C@H](OC(=O)CCSc1ccc(F)cc1)C(=O)Nc1ccc(F)cc1. The van der Waals surface area contributed by atoms with Crippen molar-refractivity contribution < 1.29 is 23.1 Å². The Hall–Kier alpha value is -2.41. The number of carbonyl (C=O) groups excluding carboxylic acids is 2. The highest BCUT2D eigenvalue weighted by Gasteiger charge is 2.17. The van der Waals surface area contributed by atoms with Crippen molar-refractivity contribution in [2.45, 2.75) is 24.3 Å². The van der Waals surface area contributed by atoms with Gasteiger partial charge in [-0.3, -0.25) is 9.59 Å². The van der Waals surface area contributed by atoms with Gasteiger partial charge in [0.2, 0.25) is 0 Å². The van der Waals surface area contributed by atoms with Crippen molar-refractivity contribution >= 4 is 29.3 Å². The Bertz CT molecular complexity index is 720. The molecule has 0 aromatic heterocycles. The van der Waals surface area contributed by atoms with Gasteiger partial charge < -0.3 is 10.1 Å². The van der Waals surface area contributed by atoms with Gasteiger partial charge >= 0.3 is 5.97 Å². The molecule has 0 aliphatic rings. The number of thioether (sulfide) groups is 1. The van der Waals surface area contributed by atoms with Crippen LogP contribution in [-0.4, -0.2) is 23.7 Å². The molecule has 0 bridgehead atoms. The Labute approximate surface area is 148 Å². The first kappa shape index (κ1) is 18.9. The molecule has 1 atom stereocenters. The Morgan fingerprint density at radius 3 is 2.20 bits per heavy atom. The summed E-state index contributed by atoms with van der Waals surface area (Å²) in [6.45, 7) is 1.46. The number of hydrogen-bond donors (Lipinski definition) is 1. The Morgan fingerprint density at radius 2 is 1.60 bits per heavy atom. The second-order valence-corrected chi connectivity index (χ2v) is 6.35. The molecule has 1 amide bonds. The summed E-state index contributed by atoms with van der Waals surface area (Å²) in [5.41, 5.74) is 0.418. The molecule has 0 saturated carbocycles. The first-order valence-corrected chi connectivity index (χ1v) is 8.57. The van der Waals surface area contributed by atoms with Gasteiger partial charge in [0.25, 0.3) is 5.91 Å². The third-order valence-electron chi connectivity index (χ3n) is 3.18. The Morgan fingerprint density at radius 1 is 1.04 bits per heavy atom. The zero-order valence-corrected chi connectivity index (χ0v) is 14.3. The number of rotatable bonds is 7. The maximum atomic E-state index is 12.8. The molecular formula is C18H17F2NO3S. The number of hydrogen-bond acceptors (Lipinski definition) is 4. The molecule has 0 saturated heterocycles. The van der Waals surface area contributed by atoms with Crippen LogP contribution in [0.5, 0.6) is 0 Å². The summed E-state index contributed by atoms with van der Waals surface area (Å²) >= 11 is 1.39. The van der Waals surface area contributed by atoms with Crippen molar-refractivity contribution in [2.75, 3.05) is 11.1 Å². The van der Waals surface area contributed by atoms with Crippen molar-refractivity contribution in [2.24, 2.45) is 0 Å². The number of benzene rings is 2. The van der Waals surface area contributed by atoms with Crippen molar-refractivity contribution in [3.8, 4) is 0 Å². The first-order valence-electron chi connectivity index (χ1n) is 7.58. The standard InChI is InChI=1S/C18H17F2NO3S/c1-12(18(23)21-15-6-2-13(19)3-7-15)24-17(22)10-11-25-16-8-4-14(20)5-9-16/h2-9,12H,10-11H2,1H3,(H,21,23)/t12-/m0/s1. The Kier molecular flexibility index (Phi) is 6.94. The van der Waals surface area contributed by atoms with E-state index in [2.05, 4.69) is 5.32 Å². The van der Waals surface area contributed by atoms with Crippen LogP contribution < -0.4 is 5.32 Å². The minimum absolute atomic E-state index is 0.121. The van der Waals surface area contributed by atoms with Gasteiger partial charge in [-0.2, -0.15) is 0 Å². The molecule has 2 rings (SSSR count). The van der Waals surface area contributed by atoms with E-state index in [4.69, 9.17) is 4.74 Å². The minimum atomic E-state index is -0.964. The maximum Gasteiger partial charge on any atom is 0.307 e. The first-order chi connectivity index (χ1) is 11.9. The average Bonchev–Trinajstić information content (AvgIpc) is 2.58. The zero-order valence-electron chi connectivity index (χ0n) is 13.5. The molecule has 1 N–H and O–H groups in total. The smallest absolute Gasteiger partial charge is 0.307 e. The van der Waals surface area contributed by atoms with Gasteiger partial charge in [-0.15, -0.1) is 11.8 Å². The summed E-state index contributed by atoms with van der Waals surface area (Å²) < 4.78 is 30.7. The third-order valence-corrected chi connectivity index (χ3v) is 4.19. The number of halogens is 2. The fraction of sp³-hybridized carbons (Fsp3) is 0.222. The quantitative estimate of drug-likeness (QED) is 0.595. The number of ether oxygens (including phenoxy) is 1. The zero-order chi connectivity index (χ0) is 18.2. The number of esters is 1. The number of nitrogens with one attached hydrogen (secondary N) is 1. The second kappa shape index (κ2) is 9.17. The molecule has 2 aromatic carbocycles. The van der Waals surface area contributed by atoms with E-state index in [1.807, 2.05) is 0 Å². The molecule has 7 heteroatoms. The van der Waals surface area contributed by atoms with E-state index in [0.717, 1.165) is 4.90 Å². The highest BCUT2D eigenvalue weighted by molar-refractivity contribution is 7.99. The van der Waals surface area contributed by atoms with E-state index in [1.54, 1.807) is 12.1 Å². The summed E-state index contributed by atoms with van der Waals surface area (Å²) in [7, 11) is 0. The molecule has 0 radical (unpaired) electrons. The minimum Gasteiger partial charge on any atom is -0.453 e. The summed E-state index contributed by atoms with van der Waals surface area (Å²) in [4.78, 5) is 24.6. The monoisotopic (exact) mass is 365 g/mol. The van der Waals surface area contributed by atoms with Crippen molar-refractivity contribution in [1.82, 2.24) is 0 Å². The molecule has 0 heterocycles. The number of anilines is 1. The van der Waals surface area contributed by atoms with Crippen LogP contribution in [-0.2, 0) is 14.3 Å². The summed E-state index contributed by atoms with van der Waals surface area (Å²) in [6.07, 6.45) is -0.843.